The number of carboxylic acid groups (broad SMARTS) is 2. The smallest absolute Gasteiger partial charge is 0.331 e. The van der Waals surface area contributed by atoms with Gasteiger partial charge in [-0.3, -0.25) is 4.79 Å². The van der Waals surface area contributed by atoms with Gasteiger partial charge in [-0.15, -0.1) is 6.58 Å². The second-order valence-electron chi connectivity index (χ2n) is 2.46. The summed E-state index contributed by atoms with van der Waals surface area (Å²) in [6, 6.07) is 0. The second-order valence-corrected chi connectivity index (χ2v) is 2.46. The molecule has 0 atom stereocenters. The number of aliphatic carboxylic acids is 2. The molecular weight excluding hydrogens is 172 g/mol. The first-order valence-corrected chi connectivity index (χ1v) is 3.83. The van der Waals surface area contributed by atoms with E-state index in [4.69, 9.17) is 10.2 Å². The van der Waals surface area contributed by atoms with Crippen molar-refractivity contribution in [2.45, 2.75) is 19.3 Å². The fraction of sp³-hybridized carbons (Fsp3) is 0.333. The van der Waals surface area contributed by atoms with Gasteiger partial charge in [-0.25, -0.2) is 4.79 Å². The molecule has 0 saturated carbocycles. The Morgan fingerprint density at radius 1 is 1.54 bits per heavy atom. The molecule has 4 nitrogen and oxygen atoms in total. The van der Waals surface area contributed by atoms with Gasteiger partial charge in [0.15, 0.2) is 0 Å². The molecular formula is C9H12O4. The predicted molar refractivity (Wildman–Crippen MR) is 47.4 cm³/mol. The maximum absolute atomic E-state index is 9.91. The average Bonchev–Trinajstić information content (AvgIpc) is 1.81. The summed E-state index contributed by atoms with van der Waals surface area (Å²) in [5.74, 6) is -1.59. The zero-order chi connectivity index (χ0) is 10.3. The van der Waals surface area contributed by atoms with Gasteiger partial charge < -0.3 is 10.2 Å². The van der Waals surface area contributed by atoms with Gasteiger partial charge >= 0.3 is 11.9 Å². The van der Waals surface area contributed by atoms with Crippen LogP contribution in [0.25, 0.3) is 0 Å². The molecule has 72 valence electrons. The Bertz CT molecular complexity index is 240. The molecule has 1 aliphatic carbocycles. The minimum Gasteiger partial charge on any atom is -0.481 e. The van der Waals surface area contributed by atoms with Gasteiger partial charge in [0.1, 0.15) is 0 Å². The van der Waals surface area contributed by atoms with Crippen molar-refractivity contribution in [3.8, 4) is 0 Å². The van der Waals surface area contributed by atoms with Gasteiger partial charge in [-0.05, 0) is 12.8 Å². The molecule has 0 aliphatic heterocycles. The lowest BCUT2D eigenvalue weighted by Gasteiger charge is -2.06. The Morgan fingerprint density at radius 3 is 2.08 bits per heavy atom. The lowest BCUT2D eigenvalue weighted by atomic mass is 10.00. The van der Waals surface area contributed by atoms with Gasteiger partial charge in [-0.1, -0.05) is 12.2 Å². The van der Waals surface area contributed by atoms with Crippen LogP contribution in [0.4, 0.5) is 0 Å². The Labute approximate surface area is 76.2 Å². The van der Waals surface area contributed by atoms with Crippen LogP contribution in [0.15, 0.2) is 24.3 Å². The van der Waals surface area contributed by atoms with E-state index >= 15 is 0 Å². The lowest BCUT2D eigenvalue weighted by Crippen LogP contribution is -2.05. The van der Waals surface area contributed by atoms with Crippen molar-refractivity contribution in [2.24, 2.45) is 0 Å². The molecule has 0 aromatic heterocycles. The number of carbonyl (C=O) groups is 2. The highest BCUT2D eigenvalue weighted by Gasteiger charge is 2.11. The van der Waals surface area contributed by atoms with E-state index in [1.807, 2.05) is 0 Å². The zero-order valence-electron chi connectivity index (χ0n) is 7.19. The highest BCUT2D eigenvalue weighted by molar-refractivity contribution is 5.87. The van der Waals surface area contributed by atoms with Crippen LogP contribution in [0.3, 0.4) is 0 Å². The molecule has 0 heterocycles. The number of rotatable bonds is 3. The topological polar surface area (TPSA) is 74.6 Å². The number of carboxylic acids is 2. The summed E-state index contributed by atoms with van der Waals surface area (Å²) in [5.41, 5.74) is 0.569. The minimum absolute atomic E-state index is 0.0556. The van der Waals surface area contributed by atoms with Crippen LogP contribution in [0.2, 0.25) is 0 Å². The molecule has 4 heteroatoms. The van der Waals surface area contributed by atoms with E-state index in [1.165, 1.54) is 6.08 Å². The van der Waals surface area contributed by atoms with E-state index in [0.29, 0.717) is 5.57 Å². The molecule has 1 aliphatic rings. The van der Waals surface area contributed by atoms with Crippen LogP contribution in [0.1, 0.15) is 19.3 Å². The van der Waals surface area contributed by atoms with E-state index in [9.17, 15) is 9.59 Å². The Kier molecular flexibility index (Phi) is 5.27. The summed E-state index contributed by atoms with van der Waals surface area (Å²) in [6.45, 7) is 3.22. The van der Waals surface area contributed by atoms with Gasteiger partial charge in [-0.2, -0.15) is 0 Å². The molecule has 0 aromatic carbocycles. The molecule has 13 heavy (non-hydrogen) atoms. The monoisotopic (exact) mass is 184 g/mol. The van der Waals surface area contributed by atoms with E-state index in [0.717, 1.165) is 12.8 Å². The summed E-state index contributed by atoms with van der Waals surface area (Å²) in [6.07, 6.45) is 4.85. The average molecular weight is 184 g/mol. The van der Waals surface area contributed by atoms with Gasteiger partial charge in [0, 0.05) is 5.57 Å². The van der Waals surface area contributed by atoms with E-state index in [2.05, 4.69) is 6.58 Å². The standard InChI is InChI=1S/C5H6O2.C4H6O2/c6-5(7)4-2-1-3-4;1-2-3-4(5)6/h2H,1,3H2,(H,6,7);2H,1,3H2,(H,5,6). The maximum Gasteiger partial charge on any atom is 0.331 e. The third-order valence-electron chi connectivity index (χ3n) is 1.40. The van der Waals surface area contributed by atoms with Crippen molar-refractivity contribution in [3.05, 3.63) is 24.3 Å². The van der Waals surface area contributed by atoms with Crippen molar-refractivity contribution in [1.82, 2.24) is 0 Å². The van der Waals surface area contributed by atoms with E-state index in [-0.39, 0.29) is 6.42 Å². The Balaban J connectivity index is 0.000000226. The SMILES string of the molecule is C=CCC(=O)O.O=C(O)C1=CCC1. The molecule has 0 unspecified atom stereocenters. The molecule has 0 amide bonds. The van der Waals surface area contributed by atoms with Crippen LogP contribution in [0.5, 0.6) is 0 Å². The van der Waals surface area contributed by atoms with Crippen LogP contribution < -0.4 is 0 Å². The highest BCUT2D eigenvalue weighted by Crippen LogP contribution is 2.16. The van der Waals surface area contributed by atoms with Crippen molar-refractivity contribution >= 4 is 11.9 Å². The van der Waals surface area contributed by atoms with Crippen molar-refractivity contribution in [2.75, 3.05) is 0 Å². The van der Waals surface area contributed by atoms with Crippen LogP contribution >= 0.6 is 0 Å². The summed E-state index contributed by atoms with van der Waals surface area (Å²) in [7, 11) is 0. The number of allylic oxidation sites excluding steroid dienone is 1. The number of hydrogen-bond donors (Lipinski definition) is 2. The molecule has 2 N–H and O–H groups in total. The van der Waals surface area contributed by atoms with Gasteiger partial charge in [0.05, 0.1) is 6.42 Å². The van der Waals surface area contributed by atoms with Crippen molar-refractivity contribution < 1.29 is 19.8 Å². The number of hydrogen-bond acceptors (Lipinski definition) is 2. The quantitative estimate of drug-likeness (QED) is 0.651. The summed E-state index contributed by atoms with van der Waals surface area (Å²) >= 11 is 0. The minimum atomic E-state index is -0.829. The molecule has 0 spiro atoms. The predicted octanol–water partition coefficient (Wildman–Crippen LogP) is 1.44. The summed E-state index contributed by atoms with van der Waals surface area (Å²) < 4.78 is 0. The van der Waals surface area contributed by atoms with Crippen LogP contribution in [-0.2, 0) is 9.59 Å². The third kappa shape index (κ3) is 5.66. The summed E-state index contributed by atoms with van der Waals surface area (Å²) in [5, 5.41) is 16.0. The Morgan fingerprint density at radius 2 is 2.08 bits per heavy atom. The van der Waals surface area contributed by atoms with Gasteiger partial charge in [0.25, 0.3) is 0 Å². The zero-order valence-corrected chi connectivity index (χ0v) is 7.19. The molecule has 1 rings (SSSR count). The Hall–Kier alpha value is -1.58. The van der Waals surface area contributed by atoms with Crippen molar-refractivity contribution in [3.63, 3.8) is 0 Å². The largest absolute Gasteiger partial charge is 0.481 e. The molecule has 0 fully saturated rings. The van der Waals surface area contributed by atoms with E-state index in [1.54, 1.807) is 6.08 Å². The molecule has 0 radical (unpaired) electrons. The third-order valence-corrected chi connectivity index (χ3v) is 1.40. The molecule has 0 bridgehead atoms. The molecule has 0 saturated heterocycles. The second kappa shape index (κ2) is 5.99. The molecule has 0 aromatic rings. The lowest BCUT2D eigenvalue weighted by molar-refractivity contribution is -0.136. The highest BCUT2D eigenvalue weighted by atomic mass is 16.4. The first-order valence-electron chi connectivity index (χ1n) is 3.83. The van der Waals surface area contributed by atoms with Crippen molar-refractivity contribution in [1.29, 1.82) is 0 Å². The first-order chi connectivity index (χ1) is 6.07. The first kappa shape index (κ1) is 11.4. The maximum atomic E-state index is 9.91. The van der Waals surface area contributed by atoms with Crippen LogP contribution in [0, 0.1) is 0 Å². The summed E-state index contributed by atoms with van der Waals surface area (Å²) in [4.78, 5) is 19.4. The normalized spacial score (nSPS) is 12.8. The van der Waals surface area contributed by atoms with Crippen LogP contribution in [-0.4, -0.2) is 22.2 Å². The van der Waals surface area contributed by atoms with Gasteiger partial charge in [0.2, 0.25) is 0 Å². The fourth-order valence-corrected chi connectivity index (χ4v) is 0.606. The van der Waals surface area contributed by atoms with E-state index < -0.39 is 11.9 Å². The fourth-order valence-electron chi connectivity index (χ4n) is 0.606.